The van der Waals surface area contributed by atoms with Crippen molar-refractivity contribution in [3.63, 3.8) is 0 Å². The molecular weight excluding hydrogens is 186 g/mol. The third kappa shape index (κ3) is 1.22. The molecule has 0 bridgehead atoms. The van der Waals surface area contributed by atoms with Crippen molar-refractivity contribution in [2.45, 2.75) is 0 Å². The molecule has 0 unspecified atom stereocenters. The maximum Gasteiger partial charge on any atom is 0.334 e. The molecule has 2 rings (SSSR count). The van der Waals surface area contributed by atoms with Gasteiger partial charge in [0.1, 0.15) is 5.65 Å². The van der Waals surface area contributed by atoms with Crippen molar-refractivity contribution in [2.75, 3.05) is 0 Å². The average molecular weight is 192 g/mol. The molecule has 6 nitrogen and oxygen atoms in total. The monoisotopic (exact) mass is 192 g/mol. The molecule has 1 N–H and O–H groups in total. The van der Waals surface area contributed by atoms with Gasteiger partial charge in [-0.2, -0.15) is 0 Å². The first-order chi connectivity index (χ1) is 7.08. The number of pyridine rings is 2. The summed E-state index contributed by atoms with van der Waals surface area (Å²) in [4.78, 5) is 26.9. The van der Waals surface area contributed by atoms with Gasteiger partial charge in [0.15, 0.2) is 0 Å². The first-order valence-electron chi connectivity index (χ1n) is 4.23. The first kappa shape index (κ1) is 7.19. The quantitative estimate of drug-likeness (QED) is 0.535. The Kier molecular flexibility index (Phi) is 1.50. The van der Waals surface area contributed by atoms with Gasteiger partial charge < -0.3 is 4.98 Å². The Balaban J connectivity index is 2.82. The number of fused-ring (bicyclic) bond motifs is 1. The van der Waals surface area contributed by atoms with Crippen LogP contribution < -0.4 is 5.56 Å². The summed E-state index contributed by atoms with van der Waals surface area (Å²) in [6.45, 7) is 0. The van der Waals surface area contributed by atoms with E-state index in [4.69, 9.17) is 1.37 Å². The molecule has 0 aliphatic rings. The van der Waals surface area contributed by atoms with Crippen molar-refractivity contribution in [1.82, 2.24) is 9.97 Å². The van der Waals surface area contributed by atoms with Gasteiger partial charge in [0.2, 0.25) is 0 Å². The van der Waals surface area contributed by atoms with Crippen molar-refractivity contribution >= 4 is 16.7 Å². The minimum absolute atomic E-state index is 0.00740. The molecule has 0 radical (unpaired) electrons. The van der Waals surface area contributed by atoms with Crippen molar-refractivity contribution < 1.29 is 6.29 Å². The molecule has 14 heavy (non-hydrogen) atoms. The molecule has 0 saturated heterocycles. The second-order valence-electron chi connectivity index (χ2n) is 2.62. The van der Waals surface area contributed by atoms with E-state index in [-0.39, 0.29) is 11.8 Å². The van der Waals surface area contributed by atoms with E-state index >= 15 is 0 Å². The molecule has 2 aromatic heterocycles. The van der Waals surface area contributed by atoms with Crippen LogP contribution in [-0.4, -0.2) is 14.9 Å². The number of aromatic amines is 1. The smallest absolute Gasteiger partial charge is 0.301 e. The summed E-state index contributed by atoms with van der Waals surface area (Å²) in [5, 5.41) is 10.9. The fraction of sp³-hybridized carbons (Fsp3) is 0. The normalized spacial score (nSPS) is 11.3. The molecule has 0 aliphatic carbocycles. The van der Waals surface area contributed by atoms with Crippen LogP contribution in [0.1, 0.15) is 1.37 Å². The summed E-state index contributed by atoms with van der Waals surface area (Å²) in [7, 11) is 0. The van der Waals surface area contributed by atoms with E-state index in [0.29, 0.717) is 5.39 Å². The molecule has 2 aromatic rings. The maximum atomic E-state index is 11.2. The molecule has 0 amide bonds. The number of hydrogen-bond acceptors (Lipinski definition) is 4. The Morgan fingerprint density at radius 3 is 3.14 bits per heavy atom. The highest BCUT2D eigenvalue weighted by Gasteiger charge is 2.12. The zero-order valence-electron chi connectivity index (χ0n) is 7.85. The minimum atomic E-state index is -0.814. The van der Waals surface area contributed by atoms with Crippen LogP contribution in [0.2, 0.25) is 0 Å². The predicted octanol–water partition coefficient (Wildman–Crippen LogP) is 0.831. The molecule has 2 heterocycles. The van der Waals surface area contributed by atoms with Gasteiger partial charge in [-0.25, -0.2) is 4.98 Å². The molecule has 70 valence electrons. The molecule has 0 aliphatic heterocycles. The SMILES string of the molecule is [2H]c1ccc2cc([N+](=O)[O-])c(=O)[nH]c2n1. The number of hydrogen-bond donors (Lipinski definition) is 1. The Morgan fingerprint density at radius 2 is 2.43 bits per heavy atom. The second kappa shape index (κ2) is 2.91. The zero-order valence-corrected chi connectivity index (χ0v) is 6.85. The lowest BCUT2D eigenvalue weighted by Gasteiger charge is -1.95. The summed E-state index contributed by atoms with van der Waals surface area (Å²) in [5.74, 6) is 0. The van der Waals surface area contributed by atoms with Gasteiger partial charge in [-0.1, -0.05) is 0 Å². The lowest BCUT2D eigenvalue weighted by atomic mass is 10.3. The molecule has 0 spiro atoms. The summed E-state index contributed by atoms with van der Waals surface area (Å²) in [6.07, 6.45) is -0.00740. The Bertz CT molecular complexity index is 608. The third-order valence-electron chi connectivity index (χ3n) is 1.74. The molecule has 0 aromatic carbocycles. The van der Waals surface area contributed by atoms with E-state index in [0.717, 1.165) is 6.07 Å². The average Bonchev–Trinajstić information content (AvgIpc) is 2.15. The van der Waals surface area contributed by atoms with Crippen LogP contribution in [0, 0.1) is 10.1 Å². The van der Waals surface area contributed by atoms with E-state index in [1.165, 1.54) is 12.1 Å². The summed E-state index contributed by atoms with van der Waals surface area (Å²) in [5.41, 5.74) is -1.16. The van der Waals surface area contributed by atoms with Gasteiger partial charge >= 0.3 is 11.2 Å². The van der Waals surface area contributed by atoms with Crippen molar-refractivity contribution in [3.8, 4) is 0 Å². The van der Waals surface area contributed by atoms with Crippen LogP contribution in [0.15, 0.2) is 29.2 Å². The van der Waals surface area contributed by atoms with E-state index < -0.39 is 16.2 Å². The molecular formula is C8H5N3O3. The molecule has 0 saturated carbocycles. The van der Waals surface area contributed by atoms with Crippen LogP contribution in [0.3, 0.4) is 0 Å². The van der Waals surface area contributed by atoms with Crippen LogP contribution in [0.5, 0.6) is 0 Å². The summed E-state index contributed by atoms with van der Waals surface area (Å²) >= 11 is 0. The summed E-state index contributed by atoms with van der Waals surface area (Å²) in [6, 6.07) is 4.03. The van der Waals surface area contributed by atoms with Gasteiger partial charge in [0, 0.05) is 17.6 Å². The van der Waals surface area contributed by atoms with Crippen molar-refractivity contribution in [1.29, 1.82) is 0 Å². The van der Waals surface area contributed by atoms with Crippen molar-refractivity contribution in [3.05, 3.63) is 44.8 Å². The molecule has 0 fully saturated rings. The highest BCUT2D eigenvalue weighted by Crippen LogP contribution is 2.11. The van der Waals surface area contributed by atoms with Gasteiger partial charge in [-0.15, -0.1) is 0 Å². The minimum Gasteiger partial charge on any atom is -0.301 e. The topological polar surface area (TPSA) is 88.9 Å². The van der Waals surface area contributed by atoms with E-state index in [9.17, 15) is 14.9 Å². The highest BCUT2D eigenvalue weighted by atomic mass is 16.6. The van der Waals surface area contributed by atoms with E-state index in [2.05, 4.69) is 9.97 Å². The first-order valence-corrected chi connectivity index (χ1v) is 3.73. The van der Waals surface area contributed by atoms with Gasteiger partial charge in [0.05, 0.1) is 6.29 Å². The number of nitrogens with one attached hydrogen (secondary N) is 1. The molecule has 0 atom stereocenters. The van der Waals surface area contributed by atoms with E-state index in [1.54, 1.807) is 0 Å². The largest absolute Gasteiger partial charge is 0.334 e. The molecule has 6 heteroatoms. The van der Waals surface area contributed by atoms with E-state index in [1.807, 2.05) is 0 Å². The fourth-order valence-corrected chi connectivity index (χ4v) is 1.11. The number of rotatable bonds is 1. The highest BCUT2D eigenvalue weighted by molar-refractivity contribution is 5.76. The van der Waals surface area contributed by atoms with Gasteiger partial charge in [-0.05, 0) is 12.1 Å². The maximum absolute atomic E-state index is 11.2. The number of nitrogens with zero attached hydrogens (tertiary/aromatic N) is 2. The standard InChI is InChI=1S/C8H5N3O3/c12-8-6(11(13)14)4-5-2-1-3-9-7(5)10-8/h1-4H,(H,9,10,12)/i3D. The van der Waals surface area contributed by atoms with Crippen LogP contribution in [-0.2, 0) is 0 Å². The van der Waals surface area contributed by atoms with Crippen molar-refractivity contribution in [2.24, 2.45) is 0 Å². The summed E-state index contributed by atoms with van der Waals surface area (Å²) < 4.78 is 7.22. The van der Waals surface area contributed by atoms with Crippen LogP contribution >= 0.6 is 0 Å². The Hall–Kier alpha value is -2.24. The number of H-pyrrole nitrogens is 1. The Labute approximate surface area is 78.8 Å². The number of nitro groups is 1. The van der Waals surface area contributed by atoms with Gasteiger partial charge in [-0.3, -0.25) is 14.9 Å². The zero-order chi connectivity index (χ0) is 11.0. The van der Waals surface area contributed by atoms with Crippen LogP contribution in [0.4, 0.5) is 5.69 Å². The third-order valence-corrected chi connectivity index (χ3v) is 1.74. The Morgan fingerprint density at radius 1 is 1.64 bits per heavy atom. The van der Waals surface area contributed by atoms with Crippen LogP contribution in [0.25, 0.3) is 11.0 Å². The number of aromatic nitrogens is 2. The fourth-order valence-electron chi connectivity index (χ4n) is 1.11. The lowest BCUT2D eigenvalue weighted by molar-refractivity contribution is -0.386. The predicted molar refractivity (Wildman–Crippen MR) is 49.0 cm³/mol. The second-order valence-corrected chi connectivity index (χ2v) is 2.62. The lowest BCUT2D eigenvalue weighted by Crippen LogP contribution is -2.11. The van der Waals surface area contributed by atoms with Gasteiger partial charge in [0.25, 0.3) is 0 Å².